The first-order chi connectivity index (χ1) is 11.7. The van der Waals surface area contributed by atoms with E-state index in [4.69, 9.17) is 4.98 Å². The van der Waals surface area contributed by atoms with Crippen molar-refractivity contribution in [3.63, 3.8) is 0 Å². The summed E-state index contributed by atoms with van der Waals surface area (Å²) in [5.74, 6) is 0.735. The molecule has 0 bridgehead atoms. The van der Waals surface area contributed by atoms with Gasteiger partial charge in [-0.15, -0.1) is 10.2 Å². The largest absolute Gasteiger partial charge is 0.481 e. The van der Waals surface area contributed by atoms with E-state index in [-0.39, 0.29) is 5.92 Å². The third-order valence-corrected chi connectivity index (χ3v) is 4.74. The zero-order chi connectivity index (χ0) is 16.7. The number of nitrogens with zero attached hydrogens (tertiary/aromatic N) is 5. The van der Waals surface area contributed by atoms with Gasteiger partial charge in [0.15, 0.2) is 5.82 Å². The van der Waals surface area contributed by atoms with E-state index in [2.05, 4.69) is 26.4 Å². The van der Waals surface area contributed by atoms with Crippen molar-refractivity contribution in [1.82, 2.24) is 19.6 Å². The Morgan fingerprint density at radius 3 is 2.71 bits per heavy atom. The lowest BCUT2D eigenvalue weighted by atomic mass is 9.97. The van der Waals surface area contributed by atoms with Crippen LogP contribution in [0.4, 0.5) is 5.82 Å². The average Bonchev–Trinajstić information content (AvgIpc) is 3.05. The van der Waals surface area contributed by atoms with Gasteiger partial charge in [0.05, 0.1) is 17.0 Å². The second-order valence-electron chi connectivity index (χ2n) is 6.15. The van der Waals surface area contributed by atoms with Crippen molar-refractivity contribution >= 4 is 28.5 Å². The number of piperidine rings is 1. The standard InChI is InChI=1S/C17H19N5O2/c1-2-14-19-20-16-15(21-9-7-11(8-10-21)17(23)24)18-12-5-3-4-6-13(12)22(14)16/h3-6,11H,2,7-10H2,1H3,(H,23,24). The number of hydrogen-bond acceptors (Lipinski definition) is 5. The minimum atomic E-state index is -0.706. The van der Waals surface area contributed by atoms with Gasteiger partial charge >= 0.3 is 5.97 Å². The van der Waals surface area contributed by atoms with Gasteiger partial charge in [-0.25, -0.2) is 4.98 Å². The molecule has 7 nitrogen and oxygen atoms in total. The van der Waals surface area contributed by atoms with Crippen molar-refractivity contribution in [3.05, 3.63) is 30.1 Å². The highest BCUT2D eigenvalue weighted by molar-refractivity contribution is 5.83. The Morgan fingerprint density at radius 1 is 1.25 bits per heavy atom. The zero-order valence-corrected chi connectivity index (χ0v) is 13.5. The second kappa shape index (κ2) is 5.74. The predicted molar refractivity (Wildman–Crippen MR) is 90.2 cm³/mol. The Bertz CT molecular complexity index is 912. The van der Waals surface area contributed by atoms with Gasteiger partial charge in [-0.05, 0) is 25.0 Å². The molecule has 2 aromatic heterocycles. The van der Waals surface area contributed by atoms with Crippen LogP contribution in [0.5, 0.6) is 0 Å². The predicted octanol–water partition coefficient (Wildman–Crippen LogP) is 2.14. The Kier molecular flexibility index (Phi) is 3.55. The van der Waals surface area contributed by atoms with Crippen molar-refractivity contribution in [2.75, 3.05) is 18.0 Å². The molecule has 124 valence electrons. The van der Waals surface area contributed by atoms with Gasteiger partial charge in [0.2, 0.25) is 5.65 Å². The number of aromatic nitrogens is 4. The fraction of sp³-hybridized carbons (Fsp3) is 0.412. The van der Waals surface area contributed by atoms with Crippen molar-refractivity contribution in [3.8, 4) is 0 Å². The molecule has 1 aromatic carbocycles. The summed E-state index contributed by atoms with van der Waals surface area (Å²) in [5.41, 5.74) is 2.65. The van der Waals surface area contributed by atoms with Gasteiger partial charge in [-0.3, -0.25) is 9.20 Å². The Morgan fingerprint density at radius 2 is 2.00 bits per heavy atom. The summed E-state index contributed by atoms with van der Waals surface area (Å²) in [4.78, 5) is 18.1. The van der Waals surface area contributed by atoms with Crippen LogP contribution in [0.15, 0.2) is 24.3 Å². The van der Waals surface area contributed by atoms with E-state index in [1.165, 1.54) is 0 Å². The molecule has 4 rings (SSSR count). The molecule has 1 aliphatic rings. The fourth-order valence-electron chi connectivity index (χ4n) is 3.41. The molecule has 0 spiro atoms. The number of aryl methyl sites for hydroxylation is 1. The normalized spacial score (nSPS) is 16.1. The van der Waals surface area contributed by atoms with E-state index in [0.29, 0.717) is 25.9 Å². The first kappa shape index (κ1) is 14.9. The van der Waals surface area contributed by atoms with E-state index in [1.54, 1.807) is 0 Å². The average molecular weight is 325 g/mol. The Hall–Kier alpha value is -2.70. The molecular weight excluding hydrogens is 306 g/mol. The number of para-hydroxylation sites is 2. The maximum Gasteiger partial charge on any atom is 0.306 e. The van der Waals surface area contributed by atoms with E-state index in [9.17, 15) is 9.90 Å². The highest BCUT2D eigenvalue weighted by atomic mass is 16.4. The fourth-order valence-corrected chi connectivity index (χ4v) is 3.41. The molecule has 1 fully saturated rings. The number of aliphatic carboxylic acids is 1. The molecule has 7 heteroatoms. The summed E-state index contributed by atoms with van der Waals surface area (Å²) >= 11 is 0. The molecule has 0 unspecified atom stereocenters. The minimum Gasteiger partial charge on any atom is -0.481 e. The lowest BCUT2D eigenvalue weighted by molar-refractivity contribution is -0.142. The molecule has 3 heterocycles. The third kappa shape index (κ3) is 2.28. The number of rotatable bonds is 3. The molecule has 1 saturated heterocycles. The number of benzene rings is 1. The highest BCUT2D eigenvalue weighted by Crippen LogP contribution is 2.28. The van der Waals surface area contributed by atoms with Crippen molar-refractivity contribution < 1.29 is 9.90 Å². The van der Waals surface area contributed by atoms with Crippen LogP contribution >= 0.6 is 0 Å². The maximum atomic E-state index is 11.2. The quantitative estimate of drug-likeness (QED) is 0.794. The van der Waals surface area contributed by atoms with Crippen LogP contribution in [-0.2, 0) is 11.2 Å². The van der Waals surface area contributed by atoms with Crippen LogP contribution in [0.25, 0.3) is 16.7 Å². The maximum absolute atomic E-state index is 11.2. The number of hydrogen-bond donors (Lipinski definition) is 1. The summed E-state index contributed by atoms with van der Waals surface area (Å²) in [6.45, 7) is 3.41. The summed E-state index contributed by atoms with van der Waals surface area (Å²) < 4.78 is 2.07. The minimum absolute atomic E-state index is 0.262. The SMILES string of the molecule is CCc1nnc2c(N3CCC(C(=O)O)CC3)nc3ccccc3n12. The number of anilines is 1. The van der Waals surface area contributed by atoms with Crippen molar-refractivity contribution in [2.24, 2.45) is 5.92 Å². The summed E-state index contributed by atoms with van der Waals surface area (Å²) in [6, 6.07) is 7.97. The number of carbonyl (C=O) groups is 1. The first-order valence-corrected chi connectivity index (χ1v) is 8.29. The summed E-state index contributed by atoms with van der Waals surface area (Å²) in [6.07, 6.45) is 2.05. The Labute approximate surface area is 138 Å². The second-order valence-corrected chi connectivity index (χ2v) is 6.15. The molecule has 1 aliphatic heterocycles. The van der Waals surface area contributed by atoms with E-state index >= 15 is 0 Å². The third-order valence-electron chi connectivity index (χ3n) is 4.74. The van der Waals surface area contributed by atoms with Crippen molar-refractivity contribution in [2.45, 2.75) is 26.2 Å². The zero-order valence-electron chi connectivity index (χ0n) is 13.5. The van der Waals surface area contributed by atoms with Crippen LogP contribution in [-0.4, -0.2) is 43.7 Å². The van der Waals surface area contributed by atoms with Crippen molar-refractivity contribution in [1.29, 1.82) is 0 Å². The lowest BCUT2D eigenvalue weighted by Crippen LogP contribution is -2.37. The smallest absolute Gasteiger partial charge is 0.306 e. The molecule has 0 atom stereocenters. The van der Waals surface area contributed by atoms with Crippen LogP contribution < -0.4 is 4.90 Å². The molecule has 1 N–H and O–H groups in total. The molecular formula is C17H19N5O2. The number of fused-ring (bicyclic) bond motifs is 3. The Balaban J connectivity index is 1.83. The lowest BCUT2D eigenvalue weighted by Gasteiger charge is -2.31. The van der Waals surface area contributed by atoms with Gasteiger partial charge in [-0.2, -0.15) is 0 Å². The van der Waals surface area contributed by atoms with Crippen LogP contribution in [0, 0.1) is 5.92 Å². The molecule has 0 amide bonds. The molecule has 3 aromatic rings. The monoisotopic (exact) mass is 325 g/mol. The number of carboxylic acids is 1. The van der Waals surface area contributed by atoms with E-state index in [1.807, 2.05) is 24.3 Å². The van der Waals surface area contributed by atoms with Crippen LogP contribution in [0.1, 0.15) is 25.6 Å². The van der Waals surface area contributed by atoms with Gasteiger partial charge in [0.25, 0.3) is 0 Å². The van der Waals surface area contributed by atoms with E-state index in [0.717, 1.165) is 34.7 Å². The van der Waals surface area contributed by atoms with Crippen LogP contribution in [0.3, 0.4) is 0 Å². The van der Waals surface area contributed by atoms with Gasteiger partial charge in [0.1, 0.15) is 5.82 Å². The highest BCUT2D eigenvalue weighted by Gasteiger charge is 2.27. The van der Waals surface area contributed by atoms with Gasteiger partial charge < -0.3 is 10.0 Å². The summed E-state index contributed by atoms with van der Waals surface area (Å²) in [7, 11) is 0. The molecule has 24 heavy (non-hydrogen) atoms. The summed E-state index contributed by atoms with van der Waals surface area (Å²) in [5, 5.41) is 17.9. The van der Waals surface area contributed by atoms with E-state index < -0.39 is 5.97 Å². The molecule has 0 aliphatic carbocycles. The molecule has 0 saturated carbocycles. The number of carboxylic acid groups (broad SMARTS) is 1. The topological polar surface area (TPSA) is 83.6 Å². The van der Waals surface area contributed by atoms with Gasteiger partial charge in [0, 0.05) is 19.5 Å². The van der Waals surface area contributed by atoms with Gasteiger partial charge in [-0.1, -0.05) is 19.1 Å². The van der Waals surface area contributed by atoms with Crippen LogP contribution in [0.2, 0.25) is 0 Å². The molecule has 0 radical (unpaired) electrons. The first-order valence-electron chi connectivity index (χ1n) is 8.29.